The first-order valence-electron chi connectivity index (χ1n) is 18.7. The Labute approximate surface area is 319 Å². The molecule has 1 atom stereocenters. The molecule has 262 valence electrons. The highest BCUT2D eigenvalue weighted by Gasteiger charge is 2.25. The molecule has 3 heterocycles. The van der Waals surface area contributed by atoms with Crippen molar-refractivity contribution in [2.45, 2.75) is 19.4 Å². The Balaban J connectivity index is 1.07. The van der Waals surface area contributed by atoms with Gasteiger partial charge in [0.05, 0.1) is 11.6 Å². The molecule has 0 saturated heterocycles. The van der Waals surface area contributed by atoms with Crippen molar-refractivity contribution >= 4 is 38.2 Å². The van der Waals surface area contributed by atoms with Gasteiger partial charge in [-0.25, -0.2) is 15.0 Å². The molecule has 10 rings (SSSR count). The second kappa shape index (κ2) is 13.7. The molecule has 1 aliphatic heterocycles. The summed E-state index contributed by atoms with van der Waals surface area (Å²) in [4.78, 5) is 15.0. The number of rotatable bonds is 7. The van der Waals surface area contributed by atoms with Crippen LogP contribution in [0.4, 0.5) is 0 Å². The fourth-order valence-electron chi connectivity index (χ4n) is 7.90. The predicted molar refractivity (Wildman–Crippen MR) is 225 cm³/mol. The lowest BCUT2D eigenvalue weighted by atomic mass is 10.00. The highest BCUT2D eigenvalue weighted by atomic mass is 16.5. The number of aromatic nitrogens is 4. The third-order valence-corrected chi connectivity index (χ3v) is 10.5. The number of nitrogens with zero attached hydrogens (tertiary/aromatic N) is 4. The first kappa shape index (κ1) is 32.5. The minimum absolute atomic E-state index is 0.0352. The second-order valence-electron chi connectivity index (χ2n) is 14.0. The normalized spacial score (nSPS) is 14.1. The van der Waals surface area contributed by atoms with Crippen LogP contribution in [0.3, 0.4) is 0 Å². The smallest absolute Gasteiger partial charge is 0.164 e. The standard InChI is InChI=1S/C50H36N4O/c1-33(54-45-26-14-13-24-41(45)43-30-37-22-11-12-23-38(37)31-46(43)54)28-39(34-16-5-2-6-17-34)29-40-32-44-42(25-15-27-47(44)55-40)50-52-48(35-18-7-3-8-19-35)51-49(53-50)36-20-9-4-10-21-36/h2-31,33H,32H2,1H3/b39-28+,40-29+. The molecule has 5 heteroatoms. The van der Waals surface area contributed by atoms with E-state index < -0.39 is 0 Å². The van der Waals surface area contributed by atoms with Gasteiger partial charge in [-0.3, -0.25) is 0 Å². The van der Waals surface area contributed by atoms with Crippen molar-refractivity contribution in [3.63, 3.8) is 0 Å². The van der Waals surface area contributed by atoms with E-state index in [1.807, 2.05) is 72.8 Å². The summed E-state index contributed by atoms with van der Waals surface area (Å²) in [6.07, 6.45) is 5.18. The Bertz CT molecular complexity index is 2870. The van der Waals surface area contributed by atoms with E-state index in [0.29, 0.717) is 23.9 Å². The van der Waals surface area contributed by atoms with Gasteiger partial charge in [0.1, 0.15) is 11.5 Å². The zero-order chi connectivity index (χ0) is 36.7. The molecular formula is C50H36N4O. The summed E-state index contributed by atoms with van der Waals surface area (Å²) in [6, 6.07) is 59.0. The van der Waals surface area contributed by atoms with Gasteiger partial charge in [0.15, 0.2) is 17.5 Å². The summed E-state index contributed by atoms with van der Waals surface area (Å²) in [5, 5.41) is 5.01. The minimum atomic E-state index is 0.0352. The number of fused-ring (bicyclic) bond motifs is 5. The zero-order valence-electron chi connectivity index (χ0n) is 30.3. The molecule has 0 saturated carbocycles. The van der Waals surface area contributed by atoms with Crippen molar-refractivity contribution in [2.75, 3.05) is 0 Å². The van der Waals surface area contributed by atoms with Crippen molar-refractivity contribution in [1.29, 1.82) is 0 Å². The Morgan fingerprint density at radius 2 is 1.18 bits per heavy atom. The van der Waals surface area contributed by atoms with E-state index in [1.165, 1.54) is 32.6 Å². The van der Waals surface area contributed by atoms with E-state index in [-0.39, 0.29) is 6.04 Å². The Kier molecular flexibility index (Phi) is 8.11. The van der Waals surface area contributed by atoms with Gasteiger partial charge in [-0.2, -0.15) is 0 Å². The molecule has 9 aromatic rings. The van der Waals surface area contributed by atoms with Gasteiger partial charge >= 0.3 is 0 Å². The largest absolute Gasteiger partial charge is 0.461 e. The third-order valence-electron chi connectivity index (χ3n) is 10.5. The lowest BCUT2D eigenvalue weighted by Gasteiger charge is -2.16. The van der Waals surface area contributed by atoms with Gasteiger partial charge in [0.2, 0.25) is 0 Å². The summed E-state index contributed by atoms with van der Waals surface area (Å²) < 4.78 is 9.12. The predicted octanol–water partition coefficient (Wildman–Crippen LogP) is 12.3. The summed E-state index contributed by atoms with van der Waals surface area (Å²) in [6.45, 7) is 2.28. The summed E-state index contributed by atoms with van der Waals surface area (Å²) in [7, 11) is 0. The second-order valence-corrected chi connectivity index (χ2v) is 14.0. The third kappa shape index (κ3) is 6.06. The average molecular weight is 709 g/mol. The number of benzene rings is 7. The maximum absolute atomic E-state index is 6.65. The summed E-state index contributed by atoms with van der Waals surface area (Å²) >= 11 is 0. The fourth-order valence-corrected chi connectivity index (χ4v) is 7.90. The summed E-state index contributed by atoms with van der Waals surface area (Å²) in [5.74, 6) is 3.59. The van der Waals surface area contributed by atoms with Crippen molar-refractivity contribution < 1.29 is 4.74 Å². The van der Waals surface area contributed by atoms with Crippen LogP contribution >= 0.6 is 0 Å². The molecule has 5 nitrogen and oxygen atoms in total. The molecule has 55 heavy (non-hydrogen) atoms. The maximum atomic E-state index is 6.65. The number of ether oxygens (including phenoxy) is 1. The van der Waals surface area contributed by atoms with Crippen LogP contribution in [-0.2, 0) is 6.42 Å². The lowest BCUT2D eigenvalue weighted by Crippen LogP contribution is -2.03. The first-order valence-corrected chi connectivity index (χ1v) is 18.7. The Morgan fingerprint density at radius 1 is 0.582 bits per heavy atom. The molecule has 1 unspecified atom stereocenters. The van der Waals surface area contributed by atoms with Gasteiger partial charge in [-0.1, -0.05) is 152 Å². The molecule has 0 fully saturated rings. The first-order chi connectivity index (χ1) is 27.2. The molecular weight excluding hydrogens is 673 g/mol. The summed E-state index contributed by atoms with van der Waals surface area (Å²) in [5.41, 5.74) is 8.55. The molecule has 0 amide bonds. The highest BCUT2D eigenvalue weighted by Crippen LogP contribution is 2.40. The highest BCUT2D eigenvalue weighted by molar-refractivity contribution is 6.12. The van der Waals surface area contributed by atoms with E-state index in [4.69, 9.17) is 19.7 Å². The number of para-hydroxylation sites is 1. The van der Waals surface area contributed by atoms with Gasteiger partial charge in [0.25, 0.3) is 0 Å². The van der Waals surface area contributed by atoms with Gasteiger partial charge < -0.3 is 9.30 Å². The van der Waals surface area contributed by atoms with Gasteiger partial charge in [0, 0.05) is 45.0 Å². The minimum Gasteiger partial charge on any atom is -0.461 e. The fraction of sp³-hybridized carbons (Fsp3) is 0.0600. The van der Waals surface area contributed by atoms with E-state index >= 15 is 0 Å². The van der Waals surface area contributed by atoms with Gasteiger partial charge in [-0.15, -0.1) is 0 Å². The van der Waals surface area contributed by atoms with Crippen LogP contribution in [0.15, 0.2) is 188 Å². The number of hydrogen-bond acceptors (Lipinski definition) is 4. The molecule has 7 aromatic carbocycles. The zero-order valence-corrected chi connectivity index (χ0v) is 30.3. The topological polar surface area (TPSA) is 52.8 Å². The Morgan fingerprint density at radius 3 is 1.89 bits per heavy atom. The Hall–Kier alpha value is -7.11. The molecule has 0 radical (unpaired) electrons. The SMILES string of the molecule is CC(/C=C(\C=C1/Cc2c(cccc2-c2nc(-c3ccccc3)nc(-c3ccccc3)n2)O1)c1ccccc1)n1c2ccccc2c2cc3ccccc3cc21. The monoisotopic (exact) mass is 708 g/mol. The van der Waals surface area contributed by atoms with Crippen LogP contribution in [0, 0.1) is 0 Å². The van der Waals surface area contributed by atoms with E-state index in [2.05, 4.69) is 121 Å². The molecule has 2 aromatic heterocycles. The number of allylic oxidation sites excluding steroid dienone is 4. The van der Waals surface area contributed by atoms with Crippen molar-refractivity contribution in [1.82, 2.24) is 19.5 Å². The number of hydrogen-bond donors (Lipinski definition) is 0. The van der Waals surface area contributed by atoms with Crippen LogP contribution in [0.1, 0.15) is 24.1 Å². The van der Waals surface area contributed by atoms with Crippen LogP contribution < -0.4 is 4.74 Å². The molecule has 0 aliphatic carbocycles. The maximum Gasteiger partial charge on any atom is 0.164 e. The van der Waals surface area contributed by atoms with Crippen LogP contribution in [0.5, 0.6) is 5.75 Å². The van der Waals surface area contributed by atoms with E-state index in [9.17, 15) is 0 Å². The van der Waals surface area contributed by atoms with Gasteiger partial charge in [-0.05, 0) is 59.2 Å². The molecule has 0 N–H and O–H groups in total. The quantitative estimate of drug-likeness (QED) is 0.165. The van der Waals surface area contributed by atoms with Crippen molar-refractivity contribution in [3.8, 4) is 39.9 Å². The van der Waals surface area contributed by atoms with Crippen LogP contribution in [0.2, 0.25) is 0 Å². The van der Waals surface area contributed by atoms with E-state index in [0.717, 1.165) is 44.9 Å². The molecule has 0 bridgehead atoms. The van der Waals surface area contributed by atoms with Crippen molar-refractivity contribution in [3.05, 3.63) is 199 Å². The van der Waals surface area contributed by atoms with E-state index in [1.54, 1.807) is 0 Å². The van der Waals surface area contributed by atoms with Crippen molar-refractivity contribution in [2.24, 2.45) is 0 Å². The molecule has 0 spiro atoms. The lowest BCUT2D eigenvalue weighted by molar-refractivity contribution is 0.447. The van der Waals surface area contributed by atoms with Crippen LogP contribution in [0.25, 0.3) is 72.3 Å². The van der Waals surface area contributed by atoms with Crippen LogP contribution in [-0.4, -0.2) is 19.5 Å². The molecule has 1 aliphatic rings. The average Bonchev–Trinajstić information content (AvgIpc) is 3.81.